The Hall–Kier alpha value is -0.830. The van der Waals surface area contributed by atoms with E-state index >= 15 is 0 Å². The molecule has 1 rings (SSSR count). The van der Waals surface area contributed by atoms with Crippen LogP contribution in [0.2, 0.25) is 0 Å². The van der Waals surface area contributed by atoms with Gasteiger partial charge in [-0.25, -0.2) is 0 Å². The topological polar surface area (TPSA) is 32.3 Å². The predicted molar refractivity (Wildman–Crippen MR) is 58.0 cm³/mol. The summed E-state index contributed by atoms with van der Waals surface area (Å²) in [6, 6.07) is 0. The summed E-state index contributed by atoms with van der Waals surface area (Å²) >= 11 is 0. The predicted octanol–water partition coefficient (Wildman–Crippen LogP) is 0.876. The first kappa shape index (κ1) is 11.2. The maximum Gasteiger partial charge on any atom is 0.226 e. The van der Waals surface area contributed by atoms with Crippen molar-refractivity contribution in [1.29, 1.82) is 0 Å². The van der Waals surface area contributed by atoms with E-state index in [0.717, 1.165) is 19.5 Å². The molecule has 1 amide bonds. The fraction of sp³-hybridized carbons (Fsp3) is 0.727. The van der Waals surface area contributed by atoms with E-state index in [9.17, 15) is 4.79 Å². The van der Waals surface area contributed by atoms with Gasteiger partial charge in [0.25, 0.3) is 0 Å². The van der Waals surface area contributed by atoms with Gasteiger partial charge in [0.05, 0.1) is 5.92 Å². The molecule has 0 radical (unpaired) electrons. The molecular formula is C11H20N2O. The zero-order valence-corrected chi connectivity index (χ0v) is 9.29. The molecule has 0 aromatic heterocycles. The highest BCUT2D eigenvalue weighted by Crippen LogP contribution is 2.22. The van der Waals surface area contributed by atoms with Crippen LogP contribution < -0.4 is 5.32 Å². The van der Waals surface area contributed by atoms with E-state index in [-0.39, 0.29) is 11.8 Å². The molecule has 0 unspecified atom stereocenters. The third-order valence-electron chi connectivity index (χ3n) is 2.49. The molecule has 1 aliphatic rings. The maximum atomic E-state index is 11.6. The molecule has 0 spiro atoms. The normalized spacial score (nSPS) is 25.7. The summed E-state index contributed by atoms with van der Waals surface area (Å²) in [5, 5.41) is 2.94. The molecule has 3 nitrogen and oxygen atoms in total. The van der Waals surface area contributed by atoms with Gasteiger partial charge in [-0.1, -0.05) is 19.1 Å². The number of nitrogens with zero attached hydrogens (tertiary/aromatic N) is 1. The van der Waals surface area contributed by atoms with Crippen LogP contribution in [0.3, 0.4) is 0 Å². The van der Waals surface area contributed by atoms with Crippen LogP contribution in [0.1, 0.15) is 13.3 Å². The van der Waals surface area contributed by atoms with Crippen LogP contribution in [-0.2, 0) is 4.79 Å². The fourth-order valence-electron chi connectivity index (χ4n) is 1.61. The third kappa shape index (κ3) is 3.50. The number of carbonyl (C=O) groups is 1. The highest BCUT2D eigenvalue weighted by atomic mass is 16.1. The molecule has 0 heterocycles. The van der Waals surface area contributed by atoms with E-state index in [1.807, 2.05) is 20.2 Å². The van der Waals surface area contributed by atoms with Gasteiger partial charge in [-0.05, 0) is 26.4 Å². The minimum atomic E-state index is 0.104. The first-order valence-electron chi connectivity index (χ1n) is 5.20. The molecule has 3 heteroatoms. The van der Waals surface area contributed by atoms with Crippen molar-refractivity contribution in [3.8, 4) is 0 Å². The number of amides is 1. The van der Waals surface area contributed by atoms with Crippen LogP contribution in [0.5, 0.6) is 0 Å². The van der Waals surface area contributed by atoms with Crippen molar-refractivity contribution in [3.05, 3.63) is 12.2 Å². The Morgan fingerprint density at radius 3 is 2.71 bits per heavy atom. The van der Waals surface area contributed by atoms with E-state index in [1.165, 1.54) is 0 Å². The zero-order chi connectivity index (χ0) is 10.6. The molecule has 0 aliphatic heterocycles. The van der Waals surface area contributed by atoms with E-state index < -0.39 is 0 Å². The van der Waals surface area contributed by atoms with Crippen LogP contribution in [-0.4, -0.2) is 38.0 Å². The van der Waals surface area contributed by atoms with Crippen molar-refractivity contribution in [1.82, 2.24) is 10.2 Å². The number of likely N-dealkylation sites (N-methyl/N-ethyl adjacent to an activating group) is 1. The van der Waals surface area contributed by atoms with Gasteiger partial charge in [0.15, 0.2) is 0 Å². The smallest absolute Gasteiger partial charge is 0.226 e. The lowest BCUT2D eigenvalue weighted by atomic mass is 10.0. The molecule has 2 atom stereocenters. The molecule has 1 aliphatic carbocycles. The minimum absolute atomic E-state index is 0.104. The number of carbonyl (C=O) groups excluding carboxylic acids is 1. The first-order chi connectivity index (χ1) is 6.59. The second-order valence-corrected chi connectivity index (χ2v) is 4.30. The molecule has 14 heavy (non-hydrogen) atoms. The van der Waals surface area contributed by atoms with Crippen LogP contribution in [0.25, 0.3) is 0 Å². The van der Waals surface area contributed by atoms with Crippen molar-refractivity contribution in [2.24, 2.45) is 11.8 Å². The number of nitrogens with one attached hydrogen (secondary N) is 1. The molecule has 0 fully saturated rings. The van der Waals surface area contributed by atoms with Gasteiger partial charge in [-0.15, -0.1) is 0 Å². The summed E-state index contributed by atoms with van der Waals surface area (Å²) in [5.41, 5.74) is 0. The third-order valence-corrected chi connectivity index (χ3v) is 2.49. The Morgan fingerprint density at radius 1 is 1.50 bits per heavy atom. The average molecular weight is 196 g/mol. The lowest BCUT2D eigenvalue weighted by molar-refractivity contribution is -0.123. The number of rotatable bonds is 4. The average Bonchev–Trinajstić information content (AvgIpc) is 2.51. The van der Waals surface area contributed by atoms with E-state index in [0.29, 0.717) is 5.92 Å². The summed E-state index contributed by atoms with van der Waals surface area (Å²) in [4.78, 5) is 13.7. The summed E-state index contributed by atoms with van der Waals surface area (Å²) in [6.07, 6.45) is 5.11. The Labute approximate surface area is 86.2 Å². The van der Waals surface area contributed by atoms with Crippen molar-refractivity contribution >= 4 is 5.91 Å². The molecule has 0 saturated heterocycles. The fourth-order valence-corrected chi connectivity index (χ4v) is 1.61. The van der Waals surface area contributed by atoms with Gasteiger partial charge in [0.2, 0.25) is 5.91 Å². The second-order valence-electron chi connectivity index (χ2n) is 4.30. The van der Waals surface area contributed by atoms with Crippen LogP contribution >= 0.6 is 0 Å². The Morgan fingerprint density at radius 2 is 2.21 bits per heavy atom. The number of allylic oxidation sites excluding steroid dienone is 1. The van der Waals surface area contributed by atoms with Gasteiger partial charge < -0.3 is 10.2 Å². The van der Waals surface area contributed by atoms with E-state index in [1.54, 1.807) is 0 Å². The largest absolute Gasteiger partial charge is 0.354 e. The van der Waals surface area contributed by atoms with Crippen molar-refractivity contribution in [2.45, 2.75) is 13.3 Å². The minimum Gasteiger partial charge on any atom is -0.354 e. The summed E-state index contributed by atoms with van der Waals surface area (Å²) in [6.45, 7) is 3.78. The summed E-state index contributed by atoms with van der Waals surface area (Å²) in [7, 11) is 4.01. The lowest BCUT2D eigenvalue weighted by Gasteiger charge is -2.13. The molecule has 80 valence electrons. The molecule has 0 aromatic rings. The second kappa shape index (κ2) is 5.15. The van der Waals surface area contributed by atoms with Crippen LogP contribution in [0, 0.1) is 11.8 Å². The first-order valence-corrected chi connectivity index (χ1v) is 5.20. The van der Waals surface area contributed by atoms with Gasteiger partial charge in [0.1, 0.15) is 0 Å². The Kier molecular flexibility index (Phi) is 4.14. The quantitative estimate of drug-likeness (QED) is 0.677. The van der Waals surface area contributed by atoms with Crippen molar-refractivity contribution in [2.75, 3.05) is 27.2 Å². The van der Waals surface area contributed by atoms with Gasteiger partial charge in [-0.2, -0.15) is 0 Å². The zero-order valence-electron chi connectivity index (χ0n) is 9.29. The molecule has 0 aromatic carbocycles. The van der Waals surface area contributed by atoms with Gasteiger partial charge >= 0.3 is 0 Å². The van der Waals surface area contributed by atoms with Gasteiger partial charge in [0, 0.05) is 13.1 Å². The monoisotopic (exact) mass is 196 g/mol. The Balaban J connectivity index is 2.19. The highest BCUT2D eigenvalue weighted by Gasteiger charge is 2.21. The van der Waals surface area contributed by atoms with E-state index in [4.69, 9.17) is 0 Å². The van der Waals surface area contributed by atoms with Crippen LogP contribution in [0.15, 0.2) is 12.2 Å². The van der Waals surface area contributed by atoms with Crippen LogP contribution in [0.4, 0.5) is 0 Å². The molecule has 0 saturated carbocycles. The van der Waals surface area contributed by atoms with Crippen molar-refractivity contribution < 1.29 is 4.79 Å². The standard InChI is InChI=1S/C11H20N2O/c1-9-4-5-10(8-9)11(14)12-6-7-13(2)3/h4-5,9-10H,6-8H2,1-3H3,(H,12,14)/t9-,10+/m1/s1. The van der Waals surface area contributed by atoms with E-state index in [2.05, 4.69) is 23.2 Å². The number of hydrogen-bond donors (Lipinski definition) is 1. The summed E-state index contributed by atoms with van der Waals surface area (Å²) in [5.74, 6) is 0.833. The maximum absolute atomic E-state index is 11.6. The molecular weight excluding hydrogens is 176 g/mol. The van der Waals surface area contributed by atoms with Gasteiger partial charge in [-0.3, -0.25) is 4.79 Å². The molecule has 0 bridgehead atoms. The summed E-state index contributed by atoms with van der Waals surface area (Å²) < 4.78 is 0. The lowest BCUT2D eigenvalue weighted by Crippen LogP contribution is -2.34. The SMILES string of the molecule is C[C@@H]1C=C[C@H](C(=O)NCCN(C)C)C1. The number of hydrogen-bond acceptors (Lipinski definition) is 2. The van der Waals surface area contributed by atoms with Crippen molar-refractivity contribution in [3.63, 3.8) is 0 Å². The molecule has 1 N–H and O–H groups in total. The Bertz CT molecular complexity index is 223. The highest BCUT2D eigenvalue weighted by molar-refractivity contribution is 5.80.